The third-order valence-electron chi connectivity index (χ3n) is 5.37. The molecule has 32 heavy (non-hydrogen) atoms. The first kappa shape index (κ1) is 21.8. The van der Waals surface area contributed by atoms with E-state index in [2.05, 4.69) is 0 Å². The fourth-order valence-electron chi connectivity index (χ4n) is 3.69. The summed E-state index contributed by atoms with van der Waals surface area (Å²) in [4.78, 5) is 24.0. The van der Waals surface area contributed by atoms with Gasteiger partial charge in [-0.2, -0.15) is 4.31 Å². The van der Waals surface area contributed by atoms with E-state index >= 15 is 0 Å². The monoisotopic (exact) mass is 464 g/mol. The third kappa shape index (κ3) is 4.06. The molecule has 9 nitrogen and oxygen atoms in total. The molecule has 3 aromatic rings. The van der Waals surface area contributed by atoms with Gasteiger partial charge in [0.1, 0.15) is 23.1 Å². The molecule has 1 saturated heterocycles. The molecule has 1 aromatic heterocycles. The van der Waals surface area contributed by atoms with Crippen molar-refractivity contribution in [1.29, 1.82) is 0 Å². The van der Waals surface area contributed by atoms with Gasteiger partial charge in [0.2, 0.25) is 15.9 Å². The molecule has 0 radical (unpaired) electrons. The highest BCUT2D eigenvalue weighted by Gasteiger charge is 2.32. The van der Waals surface area contributed by atoms with E-state index in [1.165, 1.54) is 17.0 Å². The Morgan fingerprint density at radius 2 is 1.75 bits per heavy atom. The van der Waals surface area contributed by atoms with Crippen molar-refractivity contribution in [1.82, 2.24) is 13.8 Å². The fourth-order valence-corrected chi connectivity index (χ4v) is 5.15. The minimum Gasteiger partial charge on any atom is -0.339 e. The Balaban J connectivity index is 1.43. The summed E-state index contributed by atoms with van der Waals surface area (Å²) in [6.45, 7) is 0.171. The largest absolute Gasteiger partial charge is 0.339 e. The van der Waals surface area contributed by atoms with E-state index in [0.717, 1.165) is 16.4 Å². The van der Waals surface area contributed by atoms with Crippen LogP contribution < -0.4 is 0 Å². The maximum atomic E-state index is 14.0. The zero-order chi connectivity index (χ0) is 23.0. The Bertz CT molecular complexity index is 1320. The van der Waals surface area contributed by atoms with Crippen LogP contribution in [0.3, 0.4) is 0 Å². The first-order valence-corrected chi connectivity index (χ1v) is 11.1. The van der Waals surface area contributed by atoms with E-state index in [0.29, 0.717) is 17.0 Å². The van der Waals surface area contributed by atoms with Gasteiger partial charge in [-0.05, 0) is 24.3 Å². The third-order valence-corrected chi connectivity index (χ3v) is 7.31. The highest BCUT2D eigenvalue weighted by Crippen LogP contribution is 2.23. The van der Waals surface area contributed by atoms with Gasteiger partial charge in [0, 0.05) is 61.5 Å². The summed E-state index contributed by atoms with van der Waals surface area (Å²) in [7, 11) is -4.16. The quantitative estimate of drug-likeness (QED) is 0.426. The summed E-state index contributed by atoms with van der Waals surface area (Å²) < 4.78 is 55.2. The molecule has 1 fully saturated rings. The standard InChI is InChI=1S/C20H18F2N4O5S/c21-15-1-4-19(17(22)12-15)32(30,31)25-9-7-23(8-10-25)20(27)13-24-6-5-14-11-16(26(28)29)2-3-18(14)24/h1-6,11-12H,7-10,13H2. The van der Waals surface area contributed by atoms with Crippen LogP contribution in [0.4, 0.5) is 14.5 Å². The van der Waals surface area contributed by atoms with Gasteiger partial charge in [-0.25, -0.2) is 17.2 Å². The van der Waals surface area contributed by atoms with Crippen LogP contribution in [0.25, 0.3) is 10.9 Å². The number of carbonyl (C=O) groups excluding carboxylic acids is 1. The Morgan fingerprint density at radius 3 is 2.41 bits per heavy atom. The van der Waals surface area contributed by atoms with Gasteiger partial charge in [0.05, 0.1) is 4.92 Å². The summed E-state index contributed by atoms with van der Waals surface area (Å²) in [6.07, 6.45) is 1.66. The maximum Gasteiger partial charge on any atom is 0.270 e. The van der Waals surface area contributed by atoms with Crippen LogP contribution in [0.15, 0.2) is 53.6 Å². The number of non-ortho nitro benzene ring substituents is 1. The first-order chi connectivity index (χ1) is 15.2. The summed E-state index contributed by atoms with van der Waals surface area (Å²) in [5.41, 5.74) is 0.619. The number of benzene rings is 2. The van der Waals surface area contributed by atoms with Gasteiger partial charge in [0.15, 0.2) is 0 Å². The number of rotatable bonds is 5. The molecule has 0 spiro atoms. The van der Waals surface area contributed by atoms with Gasteiger partial charge >= 0.3 is 0 Å². The number of aromatic nitrogens is 1. The van der Waals surface area contributed by atoms with E-state index in [1.807, 2.05) is 0 Å². The van der Waals surface area contributed by atoms with E-state index in [4.69, 9.17) is 0 Å². The molecule has 2 aromatic carbocycles. The molecule has 0 N–H and O–H groups in total. The summed E-state index contributed by atoms with van der Waals surface area (Å²) in [5.74, 6) is -2.28. The van der Waals surface area contributed by atoms with E-state index in [9.17, 15) is 32.1 Å². The molecule has 1 aliphatic rings. The number of hydrogen-bond acceptors (Lipinski definition) is 5. The van der Waals surface area contributed by atoms with Gasteiger partial charge in [-0.15, -0.1) is 0 Å². The minimum absolute atomic E-state index is 0.0132. The van der Waals surface area contributed by atoms with Crippen LogP contribution >= 0.6 is 0 Å². The molecule has 4 rings (SSSR count). The van der Waals surface area contributed by atoms with Crippen molar-refractivity contribution < 1.29 is 26.9 Å². The van der Waals surface area contributed by atoms with Crippen LogP contribution in [0, 0.1) is 21.7 Å². The molecule has 1 aliphatic heterocycles. The van der Waals surface area contributed by atoms with Crippen molar-refractivity contribution in [3.8, 4) is 0 Å². The lowest BCUT2D eigenvalue weighted by molar-refractivity contribution is -0.384. The van der Waals surface area contributed by atoms with E-state index in [1.54, 1.807) is 22.9 Å². The van der Waals surface area contributed by atoms with E-state index < -0.39 is 31.5 Å². The molecule has 0 bridgehead atoms. The molecule has 0 aliphatic carbocycles. The van der Waals surface area contributed by atoms with Gasteiger partial charge in [0.25, 0.3) is 5.69 Å². The Labute approximate surface area is 181 Å². The predicted octanol–water partition coefficient (Wildman–Crippen LogP) is 2.36. The number of nitro groups is 1. The number of amides is 1. The van der Waals surface area contributed by atoms with Crippen molar-refractivity contribution in [3.05, 3.63) is 70.4 Å². The zero-order valence-electron chi connectivity index (χ0n) is 16.6. The lowest BCUT2D eigenvalue weighted by Crippen LogP contribution is -2.51. The zero-order valence-corrected chi connectivity index (χ0v) is 17.5. The molecule has 12 heteroatoms. The molecule has 0 unspecified atom stereocenters. The first-order valence-electron chi connectivity index (χ1n) is 9.63. The second kappa shape index (κ2) is 8.28. The van der Waals surface area contributed by atoms with Gasteiger partial charge in [-0.3, -0.25) is 14.9 Å². The Kier molecular flexibility index (Phi) is 5.65. The highest BCUT2D eigenvalue weighted by molar-refractivity contribution is 7.89. The second-order valence-electron chi connectivity index (χ2n) is 7.30. The number of piperazine rings is 1. The smallest absolute Gasteiger partial charge is 0.270 e. The topological polar surface area (TPSA) is 106 Å². The second-order valence-corrected chi connectivity index (χ2v) is 9.21. The average Bonchev–Trinajstić information content (AvgIpc) is 3.15. The van der Waals surface area contributed by atoms with Crippen LogP contribution in [0.1, 0.15) is 0 Å². The lowest BCUT2D eigenvalue weighted by Gasteiger charge is -2.34. The number of sulfonamides is 1. The van der Waals surface area contributed by atoms with E-state index in [-0.39, 0.29) is 44.3 Å². The fraction of sp³-hybridized carbons (Fsp3) is 0.250. The summed E-state index contributed by atoms with van der Waals surface area (Å²) in [5, 5.41) is 11.5. The van der Waals surface area contributed by atoms with Crippen LogP contribution in [0.5, 0.6) is 0 Å². The van der Waals surface area contributed by atoms with Crippen LogP contribution in [-0.2, 0) is 21.4 Å². The van der Waals surface area contributed by atoms with Gasteiger partial charge in [-0.1, -0.05) is 0 Å². The number of halogens is 2. The molecular weight excluding hydrogens is 446 g/mol. The Morgan fingerprint density at radius 1 is 1.03 bits per heavy atom. The molecule has 0 saturated carbocycles. The van der Waals surface area contributed by atoms with Crippen molar-refractivity contribution in [2.45, 2.75) is 11.4 Å². The van der Waals surface area contributed by atoms with Gasteiger partial charge < -0.3 is 9.47 Å². The van der Waals surface area contributed by atoms with Crippen LogP contribution in [-0.4, -0.2) is 59.2 Å². The number of fused-ring (bicyclic) bond motifs is 1. The predicted molar refractivity (Wildman–Crippen MR) is 110 cm³/mol. The molecule has 0 atom stereocenters. The number of carbonyl (C=O) groups is 1. The number of nitrogens with zero attached hydrogens (tertiary/aromatic N) is 4. The lowest BCUT2D eigenvalue weighted by atomic mass is 10.2. The van der Waals surface area contributed by atoms with Crippen LogP contribution in [0.2, 0.25) is 0 Å². The maximum absolute atomic E-state index is 14.0. The highest BCUT2D eigenvalue weighted by atomic mass is 32.2. The molecule has 2 heterocycles. The normalized spacial score (nSPS) is 15.2. The van der Waals surface area contributed by atoms with Crippen molar-refractivity contribution in [3.63, 3.8) is 0 Å². The minimum atomic E-state index is -4.16. The number of hydrogen-bond donors (Lipinski definition) is 0. The van der Waals surface area contributed by atoms with Crippen molar-refractivity contribution >= 4 is 32.5 Å². The average molecular weight is 464 g/mol. The molecule has 1 amide bonds. The molecular formula is C20H18F2N4O5S. The number of nitro benzene ring substituents is 1. The van der Waals surface area contributed by atoms with Crippen molar-refractivity contribution in [2.24, 2.45) is 0 Å². The Hall–Kier alpha value is -3.38. The van der Waals surface area contributed by atoms with Crippen molar-refractivity contribution in [2.75, 3.05) is 26.2 Å². The molecule has 168 valence electrons. The summed E-state index contributed by atoms with van der Waals surface area (Å²) in [6, 6.07) is 8.32. The summed E-state index contributed by atoms with van der Waals surface area (Å²) >= 11 is 0. The SMILES string of the molecule is O=C(Cn1ccc2cc([N+](=O)[O-])ccc21)N1CCN(S(=O)(=O)c2ccc(F)cc2F)CC1.